The van der Waals surface area contributed by atoms with Crippen LogP contribution in [0.1, 0.15) is 56.9 Å². The van der Waals surface area contributed by atoms with Gasteiger partial charge in [-0.05, 0) is 130 Å². The zero-order valence-electron chi connectivity index (χ0n) is 36.7. The minimum Gasteiger partial charge on any atom is -0.457 e. The molecule has 0 atom stereocenters. The fourth-order valence-electron chi connectivity index (χ4n) is 7.42. The molecule has 0 aliphatic heterocycles. The molecule has 352 valence electrons. The molecule has 4 aromatic carbocycles. The molecule has 0 bridgehead atoms. The molecule has 1 N–H and O–H groups in total. The van der Waals surface area contributed by atoms with Crippen molar-refractivity contribution >= 4 is 68.7 Å². The topological polar surface area (TPSA) is 214 Å². The Hall–Kier alpha value is -7.86. The van der Waals surface area contributed by atoms with Crippen molar-refractivity contribution in [3.8, 4) is 34.5 Å². The summed E-state index contributed by atoms with van der Waals surface area (Å²) in [6, 6.07) is 24.9. The second-order valence-electron chi connectivity index (χ2n) is 15.6. The molecular weight excluding hydrogens is 899 g/mol. The van der Waals surface area contributed by atoms with Crippen LogP contribution in [0.3, 0.4) is 0 Å². The number of hydrogen-bond donors (Lipinski definition) is 1. The average Bonchev–Trinajstić information content (AvgIpc) is 3.78. The summed E-state index contributed by atoms with van der Waals surface area (Å²) in [5, 5.41) is 4.90. The summed E-state index contributed by atoms with van der Waals surface area (Å²) in [6.07, 6.45) is 6.78. The molecule has 68 heavy (non-hydrogen) atoms. The highest BCUT2D eigenvalue weighted by molar-refractivity contribution is 7.22. The lowest BCUT2D eigenvalue weighted by atomic mass is 9.82. The van der Waals surface area contributed by atoms with Gasteiger partial charge < -0.3 is 37.9 Å². The van der Waals surface area contributed by atoms with Crippen molar-refractivity contribution in [2.75, 3.05) is 19.0 Å². The Kier molecular flexibility index (Phi) is 16.7. The fraction of sp³-hybridized carbons (Fsp3) is 0.280. The summed E-state index contributed by atoms with van der Waals surface area (Å²) < 4.78 is 44.2. The number of carbonyl (C=O) groups excluding carboxylic acids is 6. The van der Waals surface area contributed by atoms with E-state index < -0.39 is 59.5 Å². The molecule has 17 nitrogen and oxygen atoms in total. The van der Waals surface area contributed by atoms with E-state index in [0.717, 1.165) is 22.4 Å². The third-order valence-corrected chi connectivity index (χ3v) is 12.1. The lowest BCUT2D eigenvalue weighted by molar-refractivity contribution is -0.145. The Morgan fingerprint density at radius 3 is 1.47 bits per heavy atom. The maximum atomic E-state index is 13.6. The van der Waals surface area contributed by atoms with Crippen LogP contribution in [0, 0.1) is 23.7 Å². The van der Waals surface area contributed by atoms with Crippen LogP contribution in [-0.4, -0.2) is 60.6 Å². The molecule has 0 radical (unpaired) electrons. The Balaban J connectivity index is 0.918. The number of benzene rings is 4. The highest BCUT2D eigenvalue weighted by atomic mass is 32.1. The van der Waals surface area contributed by atoms with E-state index in [1.807, 2.05) is 24.3 Å². The minimum atomic E-state index is -0.615. The lowest BCUT2D eigenvalue weighted by Gasteiger charge is -2.26. The molecular formula is C50H47N3O14S. The highest BCUT2D eigenvalue weighted by Crippen LogP contribution is 2.35. The van der Waals surface area contributed by atoms with Gasteiger partial charge in [-0.1, -0.05) is 36.6 Å². The molecule has 2 aliphatic rings. The summed E-state index contributed by atoms with van der Waals surface area (Å²) in [4.78, 5) is 80.0. The first-order chi connectivity index (χ1) is 33.0. The largest absolute Gasteiger partial charge is 0.457 e. The van der Waals surface area contributed by atoms with Gasteiger partial charge in [-0.3, -0.25) is 24.6 Å². The van der Waals surface area contributed by atoms with Crippen LogP contribution >= 0.6 is 11.3 Å². The van der Waals surface area contributed by atoms with Crippen molar-refractivity contribution in [1.82, 2.24) is 4.98 Å². The molecule has 0 amide bonds. The predicted molar refractivity (Wildman–Crippen MR) is 247 cm³/mol. The maximum absolute atomic E-state index is 13.6. The van der Waals surface area contributed by atoms with Crippen LogP contribution in [0.25, 0.3) is 10.2 Å². The quantitative estimate of drug-likeness (QED) is 0.0205. The number of hydrogen-bond acceptors (Lipinski definition) is 18. The van der Waals surface area contributed by atoms with Gasteiger partial charge in [0.15, 0.2) is 0 Å². The number of esters is 6. The molecule has 2 saturated carbocycles. The molecule has 18 heteroatoms. The second-order valence-corrected chi connectivity index (χ2v) is 16.7. The number of hydrazone groups is 1. The van der Waals surface area contributed by atoms with Gasteiger partial charge in [0.2, 0.25) is 18.7 Å². The van der Waals surface area contributed by atoms with E-state index in [0.29, 0.717) is 85.1 Å². The average molecular weight is 946 g/mol. The van der Waals surface area contributed by atoms with E-state index in [1.54, 1.807) is 54.6 Å². The Labute approximate surface area is 394 Å². The first kappa shape index (κ1) is 48.1. The second kappa shape index (κ2) is 23.5. The first-order valence-electron chi connectivity index (χ1n) is 21.7. The number of para-hydroxylation sites is 1. The Bertz CT molecular complexity index is 2610. The van der Waals surface area contributed by atoms with E-state index in [-0.39, 0.29) is 25.1 Å². The number of nitrogens with zero attached hydrogens (tertiary/aromatic N) is 2. The van der Waals surface area contributed by atoms with Gasteiger partial charge in [-0.15, -0.1) is 0 Å². The summed E-state index contributed by atoms with van der Waals surface area (Å²) in [5.41, 5.74) is 4.09. The third kappa shape index (κ3) is 13.6. The highest BCUT2D eigenvalue weighted by Gasteiger charge is 2.34. The number of anilines is 1. The van der Waals surface area contributed by atoms with E-state index in [4.69, 9.17) is 37.9 Å². The normalized spacial score (nSPS) is 17.8. The molecule has 0 saturated heterocycles. The van der Waals surface area contributed by atoms with Gasteiger partial charge in [0.1, 0.15) is 34.5 Å². The van der Waals surface area contributed by atoms with Crippen LogP contribution < -0.4 is 33.8 Å². The van der Waals surface area contributed by atoms with Gasteiger partial charge in [0.05, 0.1) is 40.1 Å². The van der Waals surface area contributed by atoms with Crippen LogP contribution in [-0.2, 0) is 38.2 Å². The van der Waals surface area contributed by atoms with Crippen molar-refractivity contribution in [1.29, 1.82) is 0 Å². The van der Waals surface area contributed by atoms with Gasteiger partial charge in [0, 0.05) is 17.7 Å². The lowest BCUT2D eigenvalue weighted by Crippen LogP contribution is -2.30. The summed E-state index contributed by atoms with van der Waals surface area (Å²) in [6.45, 7) is 6.05. The zero-order chi connectivity index (χ0) is 47.8. The monoisotopic (exact) mass is 945 g/mol. The van der Waals surface area contributed by atoms with Gasteiger partial charge in [-0.2, -0.15) is 5.10 Å². The Morgan fingerprint density at radius 2 is 1.00 bits per heavy atom. The van der Waals surface area contributed by atoms with Crippen molar-refractivity contribution < 1.29 is 66.7 Å². The fourth-order valence-corrected chi connectivity index (χ4v) is 8.23. The Morgan fingerprint density at radius 1 is 0.574 bits per heavy atom. The predicted octanol–water partition coefficient (Wildman–Crippen LogP) is 8.51. The number of thiazole rings is 1. The van der Waals surface area contributed by atoms with Crippen LogP contribution in [0.4, 0.5) is 5.13 Å². The molecule has 0 spiro atoms. The molecule has 0 unspecified atom stereocenters. The molecule has 1 aromatic heterocycles. The number of aromatic nitrogens is 1. The first-order valence-corrected chi connectivity index (χ1v) is 22.5. The number of fused-ring (bicyclic) bond motifs is 1. The minimum absolute atomic E-state index is 0.188. The third-order valence-electron chi connectivity index (χ3n) is 11.1. The van der Waals surface area contributed by atoms with Gasteiger partial charge in [-0.25, -0.2) is 14.6 Å². The van der Waals surface area contributed by atoms with E-state index in [1.165, 1.54) is 29.7 Å². The van der Waals surface area contributed by atoms with Crippen molar-refractivity contribution in [2.45, 2.75) is 51.4 Å². The van der Waals surface area contributed by atoms with Crippen molar-refractivity contribution in [3.05, 3.63) is 122 Å². The standard InChI is InChI=1S/C50H47N3O14S/c1-3-44(54)62-29-60-36-17-21-38(22-18-36)64-46(56)31-9-11-33(12-10-31)48(58)66-40-25-26-42(35(27-40)28-51-53-50-52-41-7-5-6-8-43(41)68-50)67-49(59)34-15-13-32(14-16-34)47(57)65-39-23-19-37(20-24-39)61-30-63-45(55)4-2/h3-8,17-28,31-34H,1-2,9-16,29-30H2,(H,52,53)/b51-28+. The summed E-state index contributed by atoms with van der Waals surface area (Å²) in [7, 11) is 0. The SMILES string of the molecule is C=CC(=O)OCOc1ccc(OC(=O)C2CCC(C(=O)Oc3ccc(OC(=O)C4CCC(C(=O)Oc5ccc(OCOC(=O)C=C)cc5)CC4)c(/C=N/Nc4nc5ccccc5s4)c3)CC2)cc1. The van der Waals surface area contributed by atoms with Crippen LogP contribution in [0.5, 0.6) is 34.5 Å². The van der Waals surface area contributed by atoms with E-state index >= 15 is 0 Å². The zero-order valence-corrected chi connectivity index (χ0v) is 37.5. The number of carbonyl (C=O) groups is 6. The molecule has 7 rings (SSSR count). The van der Waals surface area contributed by atoms with Crippen molar-refractivity contribution in [3.63, 3.8) is 0 Å². The smallest absolute Gasteiger partial charge is 0.333 e. The van der Waals surface area contributed by atoms with Gasteiger partial charge in [0.25, 0.3) is 0 Å². The van der Waals surface area contributed by atoms with Gasteiger partial charge >= 0.3 is 35.8 Å². The molecule has 2 fully saturated rings. The van der Waals surface area contributed by atoms with E-state index in [2.05, 4.69) is 28.7 Å². The number of rotatable bonds is 19. The molecule has 1 heterocycles. The molecule has 2 aliphatic carbocycles. The van der Waals surface area contributed by atoms with Crippen molar-refractivity contribution in [2.24, 2.45) is 28.8 Å². The number of nitrogens with one attached hydrogen (secondary N) is 1. The molecule has 5 aromatic rings. The van der Waals surface area contributed by atoms with Crippen LogP contribution in [0.2, 0.25) is 0 Å². The van der Waals surface area contributed by atoms with E-state index in [9.17, 15) is 28.8 Å². The maximum Gasteiger partial charge on any atom is 0.333 e. The number of ether oxygens (including phenoxy) is 8. The summed E-state index contributed by atoms with van der Waals surface area (Å²) >= 11 is 1.41. The van der Waals surface area contributed by atoms with Crippen LogP contribution in [0.15, 0.2) is 121 Å². The summed E-state index contributed by atoms with van der Waals surface area (Å²) in [5.74, 6) is -2.91.